The standard InChI is InChI=1S/C22H27N3OS2.ClH/c1-16-13-19-20(14-17(16)2)28-22(23-19)25(12-8-11-24(3)4)21(26)15-27-18-9-6-5-7-10-18;/h5-7,9-10,13-14H,8,11-12,15H2,1-4H3;1H. The summed E-state index contributed by atoms with van der Waals surface area (Å²) in [5.74, 6) is 0.528. The molecule has 4 nitrogen and oxygen atoms in total. The van der Waals surface area contributed by atoms with Gasteiger partial charge in [-0.05, 0) is 76.3 Å². The highest BCUT2D eigenvalue weighted by Gasteiger charge is 2.20. The van der Waals surface area contributed by atoms with Gasteiger partial charge in [0.05, 0.1) is 16.0 Å². The third-order valence-corrected chi connectivity index (χ3v) is 6.66. The van der Waals surface area contributed by atoms with E-state index in [1.807, 2.05) is 35.2 Å². The number of thiazole rings is 1. The number of carbonyl (C=O) groups excluding carboxylic acids is 1. The van der Waals surface area contributed by atoms with Crippen LogP contribution in [-0.4, -0.2) is 48.7 Å². The fourth-order valence-electron chi connectivity index (χ4n) is 2.90. The summed E-state index contributed by atoms with van der Waals surface area (Å²) in [5, 5.41) is 0.803. The molecule has 0 unspecified atom stereocenters. The maximum absolute atomic E-state index is 13.1. The summed E-state index contributed by atoms with van der Waals surface area (Å²) < 4.78 is 1.14. The average Bonchev–Trinajstić information content (AvgIpc) is 3.06. The molecule has 29 heavy (non-hydrogen) atoms. The summed E-state index contributed by atoms with van der Waals surface area (Å²) in [5.41, 5.74) is 3.46. The van der Waals surface area contributed by atoms with Gasteiger partial charge in [-0.1, -0.05) is 29.5 Å². The lowest BCUT2D eigenvalue weighted by Gasteiger charge is -2.21. The number of hydrogen-bond donors (Lipinski definition) is 0. The van der Waals surface area contributed by atoms with Crippen molar-refractivity contribution in [3.8, 4) is 0 Å². The van der Waals surface area contributed by atoms with Crippen LogP contribution in [0.15, 0.2) is 47.4 Å². The van der Waals surface area contributed by atoms with Gasteiger partial charge in [-0.2, -0.15) is 0 Å². The minimum Gasteiger partial charge on any atom is -0.309 e. The fourth-order valence-corrected chi connectivity index (χ4v) is 4.78. The molecule has 0 atom stereocenters. The summed E-state index contributed by atoms with van der Waals surface area (Å²) in [6, 6.07) is 14.4. The molecule has 0 spiro atoms. The van der Waals surface area contributed by atoms with Gasteiger partial charge in [0.2, 0.25) is 5.91 Å². The van der Waals surface area contributed by atoms with E-state index in [9.17, 15) is 4.79 Å². The molecule has 0 aliphatic carbocycles. The monoisotopic (exact) mass is 449 g/mol. The fraction of sp³-hybridized carbons (Fsp3) is 0.364. The Bertz CT molecular complexity index is 905. The van der Waals surface area contributed by atoms with Crippen molar-refractivity contribution in [3.05, 3.63) is 53.6 Å². The lowest BCUT2D eigenvalue weighted by atomic mass is 10.1. The molecule has 0 aliphatic heterocycles. The van der Waals surface area contributed by atoms with E-state index in [2.05, 4.69) is 45.0 Å². The molecule has 2 aromatic carbocycles. The van der Waals surface area contributed by atoms with Crippen molar-refractivity contribution < 1.29 is 4.79 Å². The number of carbonyl (C=O) groups is 1. The smallest absolute Gasteiger partial charge is 0.239 e. The first-order chi connectivity index (χ1) is 13.4. The van der Waals surface area contributed by atoms with Gasteiger partial charge < -0.3 is 4.90 Å². The Kier molecular flexibility index (Phi) is 8.96. The normalized spacial score (nSPS) is 10.9. The van der Waals surface area contributed by atoms with Crippen molar-refractivity contribution in [2.75, 3.05) is 37.8 Å². The zero-order chi connectivity index (χ0) is 20.1. The lowest BCUT2D eigenvalue weighted by Crippen LogP contribution is -2.34. The number of rotatable bonds is 8. The first-order valence-corrected chi connectivity index (χ1v) is 11.2. The van der Waals surface area contributed by atoms with Crippen LogP contribution in [0.2, 0.25) is 0 Å². The van der Waals surface area contributed by atoms with Gasteiger partial charge in [0.15, 0.2) is 5.13 Å². The van der Waals surface area contributed by atoms with Crippen molar-refractivity contribution in [1.82, 2.24) is 9.88 Å². The number of amides is 1. The van der Waals surface area contributed by atoms with Gasteiger partial charge in [-0.25, -0.2) is 4.98 Å². The van der Waals surface area contributed by atoms with Crippen LogP contribution in [0.4, 0.5) is 5.13 Å². The zero-order valence-electron chi connectivity index (χ0n) is 17.3. The molecule has 0 bridgehead atoms. The van der Waals surface area contributed by atoms with E-state index >= 15 is 0 Å². The van der Waals surface area contributed by atoms with Gasteiger partial charge in [-0.3, -0.25) is 9.69 Å². The molecular weight excluding hydrogens is 422 g/mol. The second kappa shape index (κ2) is 11.0. The highest BCUT2D eigenvalue weighted by molar-refractivity contribution is 8.00. The van der Waals surface area contributed by atoms with E-state index in [4.69, 9.17) is 4.98 Å². The average molecular weight is 450 g/mol. The second-order valence-corrected chi connectivity index (χ2v) is 9.26. The molecule has 0 radical (unpaired) electrons. The van der Waals surface area contributed by atoms with E-state index in [1.165, 1.54) is 11.1 Å². The van der Waals surface area contributed by atoms with Crippen LogP contribution in [0.25, 0.3) is 10.2 Å². The van der Waals surface area contributed by atoms with E-state index in [0.717, 1.165) is 33.2 Å². The topological polar surface area (TPSA) is 36.4 Å². The molecule has 7 heteroatoms. The van der Waals surface area contributed by atoms with Crippen LogP contribution < -0.4 is 4.90 Å². The number of nitrogens with zero attached hydrogens (tertiary/aromatic N) is 3. The van der Waals surface area contributed by atoms with Crippen molar-refractivity contribution >= 4 is 56.8 Å². The summed E-state index contributed by atoms with van der Waals surface area (Å²) in [6.45, 7) is 5.85. The molecule has 1 heterocycles. The molecule has 0 N–H and O–H groups in total. The molecule has 1 aromatic heterocycles. The maximum atomic E-state index is 13.1. The van der Waals surface area contributed by atoms with E-state index in [0.29, 0.717) is 12.3 Å². The van der Waals surface area contributed by atoms with E-state index in [1.54, 1.807) is 23.1 Å². The number of aromatic nitrogens is 1. The quantitative estimate of drug-likeness (QED) is 0.430. The Morgan fingerprint density at radius 2 is 1.76 bits per heavy atom. The largest absolute Gasteiger partial charge is 0.309 e. The summed E-state index contributed by atoms with van der Waals surface area (Å²) in [7, 11) is 4.11. The third-order valence-electron chi connectivity index (χ3n) is 4.62. The number of benzene rings is 2. The molecule has 156 valence electrons. The Morgan fingerprint density at radius 3 is 2.45 bits per heavy atom. The van der Waals surface area contributed by atoms with Crippen molar-refractivity contribution in [3.63, 3.8) is 0 Å². The van der Waals surface area contributed by atoms with Crippen LogP contribution in [0.3, 0.4) is 0 Å². The molecule has 0 aliphatic rings. The second-order valence-electron chi connectivity index (χ2n) is 7.20. The minimum absolute atomic E-state index is 0. The highest BCUT2D eigenvalue weighted by Crippen LogP contribution is 2.31. The molecule has 3 rings (SSSR count). The molecule has 0 saturated heterocycles. The van der Waals surface area contributed by atoms with Gasteiger partial charge in [0.1, 0.15) is 0 Å². The number of fused-ring (bicyclic) bond motifs is 1. The number of anilines is 1. The van der Waals surface area contributed by atoms with Gasteiger partial charge >= 0.3 is 0 Å². The summed E-state index contributed by atoms with van der Waals surface area (Å²) >= 11 is 3.19. The van der Waals surface area contributed by atoms with Gasteiger partial charge in [-0.15, -0.1) is 24.2 Å². The highest BCUT2D eigenvalue weighted by atomic mass is 35.5. The number of hydrogen-bond acceptors (Lipinski definition) is 5. The molecular formula is C22H28ClN3OS2. The number of halogens is 1. The SMILES string of the molecule is Cc1cc2nc(N(CCCN(C)C)C(=O)CSc3ccccc3)sc2cc1C.Cl. The van der Waals surface area contributed by atoms with Crippen LogP contribution in [0.1, 0.15) is 17.5 Å². The van der Waals surface area contributed by atoms with Gasteiger partial charge in [0, 0.05) is 11.4 Å². The van der Waals surface area contributed by atoms with E-state index in [-0.39, 0.29) is 18.3 Å². The van der Waals surface area contributed by atoms with Crippen LogP contribution in [0, 0.1) is 13.8 Å². The summed E-state index contributed by atoms with van der Waals surface area (Å²) in [4.78, 5) is 23.0. The minimum atomic E-state index is 0. The Balaban J connectivity index is 0.00000300. The Morgan fingerprint density at radius 1 is 1.07 bits per heavy atom. The Labute approximate surface area is 187 Å². The third kappa shape index (κ3) is 6.44. The van der Waals surface area contributed by atoms with E-state index < -0.39 is 0 Å². The van der Waals surface area contributed by atoms with Crippen LogP contribution in [-0.2, 0) is 4.79 Å². The molecule has 0 fully saturated rings. The predicted octanol–water partition coefficient (Wildman–Crippen LogP) is 5.41. The first kappa shape index (κ1) is 23.7. The summed E-state index contributed by atoms with van der Waals surface area (Å²) in [6.07, 6.45) is 0.919. The molecule has 3 aromatic rings. The number of aryl methyl sites for hydroxylation is 2. The molecule has 0 saturated carbocycles. The lowest BCUT2D eigenvalue weighted by molar-refractivity contribution is -0.116. The Hall–Kier alpha value is -1.60. The zero-order valence-corrected chi connectivity index (χ0v) is 19.8. The van der Waals surface area contributed by atoms with Gasteiger partial charge in [0.25, 0.3) is 0 Å². The van der Waals surface area contributed by atoms with Crippen LogP contribution in [0.5, 0.6) is 0 Å². The predicted molar refractivity (Wildman–Crippen MR) is 129 cm³/mol. The number of thioether (sulfide) groups is 1. The van der Waals surface area contributed by atoms with Crippen LogP contribution >= 0.6 is 35.5 Å². The molecule has 1 amide bonds. The maximum Gasteiger partial charge on any atom is 0.239 e. The van der Waals surface area contributed by atoms with Crippen molar-refractivity contribution in [1.29, 1.82) is 0 Å². The first-order valence-electron chi connectivity index (χ1n) is 9.45. The van der Waals surface area contributed by atoms with Crippen molar-refractivity contribution in [2.45, 2.75) is 25.2 Å². The van der Waals surface area contributed by atoms with Crippen molar-refractivity contribution in [2.24, 2.45) is 0 Å².